The summed E-state index contributed by atoms with van der Waals surface area (Å²) < 4.78 is 5.98. The summed E-state index contributed by atoms with van der Waals surface area (Å²) in [5.41, 5.74) is 0.404. The van der Waals surface area contributed by atoms with Crippen LogP contribution in [-0.4, -0.2) is 39.7 Å². The van der Waals surface area contributed by atoms with Crippen molar-refractivity contribution in [2.24, 2.45) is 17.3 Å². The van der Waals surface area contributed by atoms with Crippen LogP contribution in [-0.2, 0) is 0 Å². The number of fused-ring (bicyclic) bond motifs is 3. The van der Waals surface area contributed by atoms with Crippen molar-refractivity contribution >= 4 is 27.6 Å². The molecule has 3 fully saturated rings. The summed E-state index contributed by atoms with van der Waals surface area (Å²) in [6.45, 7) is 6.30. The molecule has 4 atom stereocenters. The van der Waals surface area contributed by atoms with Crippen LogP contribution in [0.1, 0.15) is 44.1 Å². The van der Waals surface area contributed by atoms with Crippen molar-refractivity contribution in [3.8, 4) is 5.19 Å². The fourth-order valence-electron chi connectivity index (χ4n) is 4.62. The first-order valence-corrected chi connectivity index (χ1v) is 9.12. The van der Waals surface area contributed by atoms with Crippen molar-refractivity contribution in [2.45, 2.75) is 45.3 Å². The number of thiazole rings is 1. The van der Waals surface area contributed by atoms with Crippen molar-refractivity contribution < 1.29 is 14.6 Å². The Morgan fingerprint density at radius 1 is 1.46 bits per heavy atom. The van der Waals surface area contributed by atoms with Crippen LogP contribution < -0.4 is 10.1 Å². The molecule has 3 saturated carbocycles. The molecule has 3 N–H and O–H groups in total. The van der Waals surface area contributed by atoms with Crippen LogP contribution in [0.2, 0.25) is 0 Å². The molecule has 5 rings (SSSR count). The fourth-order valence-corrected chi connectivity index (χ4v) is 5.40. The predicted molar refractivity (Wildman–Crippen MR) is 92.4 cm³/mol. The number of H-pyrrole nitrogens is 1. The standard InChI is InChI=1S/C17H23N3O3S/c1-16(2)8-5-11(16)17(3,22)12(6-8)19-14(21)9-7-10-13(18-9)20-15(23-4)24-10/h7-8,11-12,18,22H,5-6H2,1-4H3,(H,19,21)/t8-,11-,12+,17-/m1/s1. The molecule has 3 aliphatic rings. The van der Waals surface area contributed by atoms with Crippen LogP contribution in [0.3, 0.4) is 0 Å². The van der Waals surface area contributed by atoms with Crippen LogP contribution in [0.4, 0.5) is 0 Å². The Bertz CT molecular complexity index is 776. The summed E-state index contributed by atoms with van der Waals surface area (Å²) in [7, 11) is 1.57. The van der Waals surface area contributed by atoms with Crippen molar-refractivity contribution in [1.82, 2.24) is 15.3 Å². The van der Waals surface area contributed by atoms with Gasteiger partial charge in [-0.25, -0.2) is 0 Å². The molecular weight excluding hydrogens is 326 g/mol. The summed E-state index contributed by atoms with van der Waals surface area (Å²) in [5, 5.41) is 14.6. The van der Waals surface area contributed by atoms with E-state index in [-0.39, 0.29) is 23.3 Å². The number of amides is 1. The van der Waals surface area contributed by atoms with E-state index in [9.17, 15) is 9.90 Å². The van der Waals surface area contributed by atoms with E-state index in [4.69, 9.17) is 4.74 Å². The number of hydrogen-bond acceptors (Lipinski definition) is 5. The Morgan fingerprint density at radius 3 is 2.79 bits per heavy atom. The third-order valence-corrected chi connectivity index (χ3v) is 7.25. The molecule has 0 aromatic carbocycles. The lowest BCUT2D eigenvalue weighted by molar-refractivity contribution is -0.207. The van der Waals surface area contributed by atoms with Crippen molar-refractivity contribution in [3.05, 3.63) is 11.8 Å². The topological polar surface area (TPSA) is 87.2 Å². The van der Waals surface area contributed by atoms with Gasteiger partial charge in [-0.3, -0.25) is 4.79 Å². The highest BCUT2D eigenvalue weighted by atomic mass is 32.1. The lowest BCUT2D eigenvalue weighted by atomic mass is 9.43. The quantitative estimate of drug-likeness (QED) is 0.795. The normalized spacial score (nSPS) is 34.0. The molecule has 0 aliphatic heterocycles. The van der Waals surface area contributed by atoms with E-state index in [1.807, 2.05) is 6.92 Å². The number of aromatic amines is 1. The maximum Gasteiger partial charge on any atom is 0.275 e. The van der Waals surface area contributed by atoms with Crippen LogP contribution in [0.15, 0.2) is 6.07 Å². The average molecular weight is 349 g/mol. The Labute approximate surface area is 144 Å². The van der Waals surface area contributed by atoms with Gasteiger partial charge in [-0.05, 0) is 43.1 Å². The van der Waals surface area contributed by atoms with E-state index in [1.165, 1.54) is 11.3 Å². The Balaban J connectivity index is 1.52. The summed E-state index contributed by atoms with van der Waals surface area (Å²) in [4.78, 5) is 19.9. The lowest BCUT2D eigenvalue weighted by Gasteiger charge is -2.65. The molecule has 7 heteroatoms. The van der Waals surface area contributed by atoms with Gasteiger partial charge in [-0.1, -0.05) is 25.2 Å². The number of ether oxygens (including phenoxy) is 1. The van der Waals surface area contributed by atoms with Gasteiger partial charge in [0.15, 0.2) is 5.65 Å². The van der Waals surface area contributed by atoms with Crippen LogP contribution in [0.5, 0.6) is 5.19 Å². The van der Waals surface area contributed by atoms with Gasteiger partial charge in [0.1, 0.15) is 5.69 Å². The number of nitrogens with one attached hydrogen (secondary N) is 2. The smallest absolute Gasteiger partial charge is 0.275 e. The van der Waals surface area contributed by atoms with E-state index < -0.39 is 5.60 Å². The molecule has 2 heterocycles. The molecular formula is C17H23N3O3S. The highest BCUT2D eigenvalue weighted by molar-refractivity contribution is 7.20. The van der Waals surface area contributed by atoms with E-state index in [0.29, 0.717) is 22.5 Å². The monoisotopic (exact) mass is 349 g/mol. The molecule has 2 bridgehead atoms. The molecule has 2 aromatic rings. The first-order chi connectivity index (χ1) is 11.2. The lowest BCUT2D eigenvalue weighted by Crippen LogP contribution is -2.70. The second-order valence-corrected chi connectivity index (χ2v) is 8.87. The van der Waals surface area contributed by atoms with Gasteiger partial charge in [0.25, 0.3) is 11.1 Å². The minimum Gasteiger partial charge on any atom is -0.473 e. The van der Waals surface area contributed by atoms with Gasteiger partial charge >= 0.3 is 0 Å². The Morgan fingerprint density at radius 2 is 2.21 bits per heavy atom. The molecule has 0 spiro atoms. The zero-order valence-corrected chi connectivity index (χ0v) is 15.2. The van der Waals surface area contributed by atoms with Gasteiger partial charge < -0.3 is 20.1 Å². The van der Waals surface area contributed by atoms with Crippen molar-refractivity contribution in [1.29, 1.82) is 0 Å². The largest absolute Gasteiger partial charge is 0.473 e. The second kappa shape index (κ2) is 4.95. The zero-order chi connectivity index (χ0) is 17.3. The summed E-state index contributed by atoms with van der Waals surface area (Å²) in [6.07, 6.45) is 1.87. The first kappa shape index (κ1) is 15.9. The minimum atomic E-state index is -0.876. The molecule has 24 heavy (non-hydrogen) atoms. The van der Waals surface area contributed by atoms with Crippen molar-refractivity contribution in [2.75, 3.05) is 7.11 Å². The zero-order valence-electron chi connectivity index (χ0n) is 14.3. The van der Waals surface area contributed by atoms with Gasteiger partial charge in [0, 0.05) is 0 Å². The van der Waals surface area contributed by atoms with Gasteiger partial charge in [-0.15, -0.1) is 0 Å². The SMILES string of the molecule is COc1nc2[nH]c(C(=O)N[C@H]3C[C@H]4C[C@H](C4(C)C)[C@@]3(C)O)cc2s1. The van der Waals surface area contributed by atoms with Gasteiger partial charge in [0.2, 0.25) is 0 Å². The Hall–Kier alpha value is -1.60. The highest BCUT2D eigenvalue weighted by Crippen LogP contribution is 2.62. The number of methoxy groups -OCH3 is 1. The van der Waals surface area contributed by atoms with Gasteiger partial charge in [-0.2, -0.15) is 4.98 Å². The molecule has 1 amide bonds. The highest BCUT2D eigenvalue weighted by Gasteiger charge is 2.63. The molecule has 0 unspecified atom stereocenters. The number of aromatic nitrogens is 2. The summed E-state index contributed by atoms with van der Waals surface area (Å²) in [6, 6.07) is 1.57. The van der Waals surface area contributed by atoms with Crippen molar-refractivity contribution in [3.63, 3.8) is 0 Å². The number of carbonyl (C=O) groups is 1. The van der Waals surface area contributed by atoms with Crippen LogP contribution in [0, 0.1) is 17.3 Å². The van der Waals surface area contributed by atoms with Gasteiger partial charge in [0.05, 0.1) is 23.5 Å². The van der Waals surface area contributed by atoms with Crippen LogP contribution in [0.25, 0.3) is 10.3 Å². The van der Waals surface area contributed by atoms with Crippen LogP contribution >= 0.6 is 11.3 Å². The second-order valence-electron chi connectivity index (χ2n) is 7.87. The maximum absolute atomic E-state index is 12.6. The Kier molecular flexibility index (Phi) is 3.28. The molecule has 130 valence electrons. The first-order valence-electron chi connectivity index (χ1n) is 8.30. The number of rotatable bonds is 3. The fraction of sp³-hybridized carbons (Fsp3) is 0.647. The predicted octanol–water partition coefficient (Wildman–Crippen LogP) is 2.55. The minimum absolute atomic E-state index is 0.153. The molecule has 2 aromatic heterocycles. The number of nitrogens with zero attached hydrogens (tertiary/aromatic N) is 1. The number of aliphatic hydroxyl groups is 1. The molecule has 0 radical (unpaired) electrons. The van der Waals surface area contributed by atoms with E-state index in [2.05, 4.69) is 29.1 Å². The third-order valence-electron chi connectivity index (χ3n) is 6.29. The number of carbonyl (C=O) groups excluding carboxylic acids is 1. The average Bonchev–Trinajstić information content (AvgIpc) is 3.06. The molecule has 6 nitrogen and oxygen atoms in total. The molecule has 3 aliphatic carbocycles. The number of hydrogen-bond donors (Lipinski definition) is 3. The van der Waals surface area contributed by atoms with E-state index in [1.54, 1.807) is 13.2 Å². The van der Waals surface area contributed by atoms with E-state index >= 15 is 0 Å². The van der Waals surface area contributed by atoms with E-state index in [0.717, 1.165) is 17.5 Å². The maximum atomic E-state index is 12.6. The third kappa shape index (κ3) is 2.10. The summed E-state index contributed by atoms with van der Waals surface area (Å²) >= 11 is 1.39. The summed E-state index contributed by atoms with van der Waals surface area (Å²) in [5.74, 6) is 0.599. The molecule has 0 saturated heterocycles.